The number of aromatic nitrogens is 3. The van der Waals surface area contributed by atoms with Crippen LogP contribution in [-0.2, 0) is 24.1 Å². The second kappa shape index (κ2) is 6.01. The van der Waals surface area contributed by atoms with E-state index in [0.717, 1.165) is 36.7 Å². The van der Waals surface area contributed by atoms with Crippen LogP contribution in [0.15, 0.2) is 47.0 Å². The van der Waals surface area contributed by atoms with Crippen LogP contribution in [-0.4, -0.2) is 21.6 Å². The van der Waals surface area contributed by atoms with E-state index in [9.17, 15) is 0 Å². The fraction of sp³-hybridized carbons (Fsp3) is 0.333. The lowest BCUT2D eigenvalue weighted by Crippen LogP contribution is -2.20. The Labute approximate surface area is 134 Å². The lowest BCUT2D eigenvalue weighted by Gasteiger charge is -2.25. The Kier molecular flexibility index (Phi) is 3.71. The monoisotopic (exact) mass is 309 g/mol. The Hall–Kier alpha value is -2.40. The summed E-state index contributed by atoms with van der Waals surface area (Å²) < 4.78 is 13.5. The average Bonchev–Trinajstić information content (AvgIpc) is 3.24. The quantitative estimate of drug-likeness (QED) is 0.741. The number of nitrogens with zero attached hydrogens (tertiary/aromatic N) is 3. The third-order valence-electron chi connectivity index (χ3n) is 4.25. The molecule has 0 N–H and O–H groups in total. The highest BCUT2D eigenvalue weighted by molar-refractivity contribution is 5.50. The van der Waals surface area contributed by atoms with E-state index in [4.69, 9.17) is 9.15 Å². The van der Waals surface area contributed by atoms with Crippen molar-refractivity contribution >= 4 is 0 Å². The zero-order valence-corrected chi connectivity index (χ0v) is 13.1. The van der Waals surface area contributed by atoms with Crippen LogP contribution in [0.2, 0.25) is 0 Å². The Morgan fingerprint density at radius 3 is 3.00 bits per heavy atom. The average molecular weight is 309 g/mol. The molecule has 0 amide bonds. The number of ether oxygens (including phenoxy) is 1. The van der Waals surface area contributed by atoms with Crippen LogP contribution < -0.4 is 0 Å². The van der Waals surface area contributed by atoms with E-state index in [0.29, 0.717) is 6.54 Å². The number of hydrogen-bond acceptors (Lipinski definition) is 4. The Bertz CT molecular complexity index is 806. The van der Waals surface area contributed by atoms with Crippen LogP contribution in [0.3, 0.4) is 0 Å². The van der Waals surface area contributed by atoms with Crippen molar-refractivity contribution in [3.05, 3.63) is 59.5 Å². The summed E-state index contributed by atoms with van der Waals surface area (Å²) in [5, 5.41) is 8.44. The van der Waals surface area contributed by atoms with Gasteiger partial charge in [-0.1, -0.05) is 36.4 Å². The summed E-state index contributed by atoms with van der Waals surface area (Å²) in [6, 6.07) is 12.4. The Balaban J connectivity index is 1.54. The number of benzene rings is 1. The highest BCUT2D eigenvalue weighted by Crippen LogP contribution is 2.28. The first-order valence-corrected chi connectivity index (χ1v) is 8.02. The number of fused-ring (bicyclic) bond motifs is 1. The standard InChI is InChI=1S/C18H19N3O2/c1-2-14-7-8-17(23-14)16-11-21(20-19-16)12-18-15-6-4-3-5-13(15)9-10-22-18/h3-8,11,18H,2,9-10,12H2,1H3/t18-/m0/s1. The van der Waals surface area contributed by atoms with Crippen LogP contribution >= 0.6 is 0 Å². The van der Waals surface area contributed by atoms with Crippen LogP contribution in [0.4, 0.5) is 0 Å². The van der Waals surface area contributed by atoms with Crippen LogP contribution in [0.5, 0.6) is 0 Å². The van der Waals surface area contributed by atoms with Gasteiger partial charge in [0, 0.05) is 6.42 Å². The van der Waals surface area contributed by atoms with Crippen molar-refractivity contribution in [3.8, 4) is 11.5 Å². The first-order valence-electron chi connectivity index (χ1n) is 8.02. The fourth-order valence-corrected chi connectivity index (χ4v) is 3.00. The van der Waals surface area contributed by atoms with Gasteiger partial charge in [0.1, 0.15) is 17.6 Å². The lowest BCUT2D eigenvalue weighted by atomic mass is 9.98. The first kappa shape index (κ1) is 14.2. The predicted molar refractivity (Wildman–Crippen MR) is 85.9 cm³/mol. The molecule has 1 aliphatic heterocycles. The molecule has 5 heteroatoms. The predicted octanol–water partition coefficient (Wildman–Crippen LogP) is 3.41. The van der Waals surface area contributed by atoms with Gasteiger partial charge in [-0.05, 0) is 29.7 Å². The minimum absolute atomic E-state index is 0.0253. The summed E-state index contributed by atoms with van der Waals surface area (Å²) in [6.45, 7) is 3.48. The van der Waals surface area contributed by atoms with E-state index < -0.39 is 0 Å². The van der Waals surface area contributed by atoms with Crippen molar-refractivity contribution in [1.29, 1.82) is 0 Å². The summed E-state index contributed by atoms with van der Waals surface area (Å²) in [5.41, 5.74) is 3.37. The largest absolute Gasteiger partial charge is 0.459 e. The van der Waals surface area contributed by atoms with E-state index in [1.165, 1.54) is 11.1 Å². The third-order valence-corrected chi connectivity index (χ3v) is 4.25. The molecule has 2 aromatic heterocycles. The summed E-state index contributed by atoms with van der Waals surface area (Å²) in [6.07, 6.45) is 3.79. The second-order valence-corrected chi connectivity index (χ2v) is 5.75. The third kappa shape index (κ3) is 2.80. The van der Waals surface area contributed by atoms with Crippen molar-refractivity contribution in [1.82, 2.24) is 15.0 Å². The zero-order valence-electron chi connectivity index (χ0n) is 13.1. The maximum atomic E-state index is 5.93. The maximum Gasteiger partial charge on any atom is 0.156 e. The van der Waals surface area contributed by atoms with Gasteiger partial charge in [0.2, 0.25) is 0 Å². The van der Waals surface area contributed by atoms with Gasteiger partial charge in [0.15, 0.2) is 5.76 Å². The fourth-order valence-electron chi connectivity index (χ4n) is 3.00. The van der Waals surface area contributed by atoms with Gasteiger partial charge < -0.3 is 9.15 Å². The molecule has 0 saturated heterocycles. The summed E-state index contributed by atoms with van der Waals surface area (Å²) in [5.74, 6) is 1.72. The molecule has 0 aliphatic carbocycles. The van der Waals surface area contributed by atoms with Crippen molar-refractivity contribution in [2.75, 3.05) is 6.61 Å². The van der Waals surface area contributed by atoms with E-state index >= 15 is 0 Å². The molecule has 1 aromatic carbocycles. The molecule has 0 fully saturated rings. The van der Waals surface area contributed by atoms with Crippen molar-refractivity contribution in [2.45, 2.75) is 32.4 Å². The highest BCUT2D eigenvalue weighted by atomic mass is 16.5. The molecular formula is C18H19N3O2. The molecular weight excluding hydrogens is 290 g/mol. The normalized spacial score (nSPS) is 17.2. The molecule has 0 spiro atoms. The van der Waals surface area contributed by atoms with E-state index in [2.05, 4.69) is 41.5 Å². The number of furan rings is 1. The van der Waals surface area contributed by atoms with Crippen molar-refractivity contribution in [3.63, 3.8) is 0 Å². The summed E-state index contributed by atoms with van der Waals surface area (Å²) in [7, 11) is 0. The summed E-state index contributed by atoms with van der Waals surface area (Å²) >= 11 is 0. The number of rotatable bonds is 4. The van der Waals surface area contributed by atoms with Crippen LogP contribution in [0.1, 0.15) is 29.9 Å². The van der Waals surface area contributed by atoms with Crippen molar-refractivity contribution < 1.29 is 9.15 Å². The smallest absolute Gasteiger partial charge is 0.156 e. The Morgan fingerprint density at radius 1 is 1.22 bits per heavy atom. The second-order valence-electron chi connectivity index (χ2n) is 5.75. The molecule has 0 saturated carbocycles. The molecule has 0 unspecified atom stereocenters. The van der Waals surface area contributed by atoms with Crippen LogP contribution in [0, 0.1) is 0 Å². The van der Waals surface area contributed by atoms with Gasteiger partial charge in [0.25, 0.3) is 0 Å². The number of aryl methyl sites for hydroxylation is 1. The van der Waals surface area contributed by atoms with Gasteiger partial charge in [-0.3, -0.25) is 0 Å². The Morgan fingerprint density at radius 2 is 2.13 bits per heavy atom. The molecule has 1 aliphatic rings. The molecule has 0 bridgehead atoms. The molecule has 3 heterocycles. The topological polar surface area (TPSA) is 53.1 Å². The van der Waals surface area contributed by atoms with E-state index in [1.54, 1.807) is 0 Å². The lowest BCUT2D eigenvalue weighted by molar-refractivity contribution is 0.0279. The molecule has 4 rings (SSSR count). The molecule has 118 valence electrons. The van der Waals surface area contributed by atoms with Crippen molar-refractivity contribution in [2.24, 2.45) is 0 Å². The minimum atomic E-state index is 0.0253. The van der Waals surface area contributed by atoms with Gasteiger partial charge in [0.05, 0.1) is 19.3 Å². The number of hydrogen-bond donors (Lipinski definition) is 0. The van der Waals surface area contributed by atoms with Gasteiger partial charge in [-0.25, -0.2) is 4.68 Å². The zero-order chi connectivity index (χ0) is 15.6. The summed E-state index contributed by atoms with van der Waals surface area (Å²) in [4.78, 5) is 0. The maximum absolute atomic E-state index is 5.93. The minimum Gasteiger partial charge on any atom is -0.459 e. The first-order chi connectivity index (χ1) is 11.3. The van der Waals surface area contributed by atoms with Gasteiger partial charge in [-0.2, -0.15) is 0 Å². The van der Waals surface area contributed by atoms with E-state index in [-0.39, 0.29) is 6.10 Å². The van der Waals surface area contributed by atoms with E-state index in [1.807, 2.05) is 23.0 Å². The van der Waals surface area contributed by atoms with Crippen LogP contribution in [0.25, 0.3) is 11.5 Å². The molecule has 0 radical (unpaired) electrons. The van der Waals surface area contributed by atoms with Gasteiger partial charge in [-0.15, -0.1) is 5.10 Å². The highest BCUT2D eigenvalue weighted by Gasteiger charge is 2.21. The SMILES string of the molecule is CCc1ccc(-c2cn(C[C@@H]3OCCc4ccccc43)nn2)o1. The molecule has 23 heavy (non-hydrogen) atoms. The molecule has 5 nitrogen and oxygen atoms in total. The molecule has 1 atom stereocenters. The van der Waals surface area contributed by atoms with Gasteiger partial charge >= 0.3 is 0 Å². The molecule has 3 aromatic rings.